The molecule has 1 atom stereocenters. The van der Waals surface area contributed by atoms with Crippen molar-refractivity contribution in [1.29, 1.82) is 0 Å². The molecule has 0 radical (unpaired) electrons. The van der Waals surface area contributed by atoms with Gasteiger partial charge in [-0.15, -0.1) is 0 Å². The zero-order valence-electron chi connectivity index (χ0n) is 10.8. The molecular formula is C14H26BrNO. The summed E-state index contributed by atoms with van der Waals surface area (Å²) in [6, 6.07) is 0. The number of hydrogen-bond donors (Lipinski definition) is 1. The van der Waals surface area contributed by atoms with Crippen LogP contribution in [0.3, 0.4) is 0 Å². The van der Waals surface area contributed by atoms with E-state index in [0.717, 1.165) is 19.4 Å². The van der Waals surface area contributed by atoms with Gasteiger partial charge in [0.25, 0.3) is 0 Å². The highest BCUT2D eigenvalue weighted by atomic mass is 79.9. The second-order valence-electron chi connectivity index (χ2n) is 5.08. The lowest BCUT2D eigenvalue weighted by atomic mass is 10.1. The monoisotopic (exact) mass is 303 g/mol. The van der Waals surface area contributed by atoms with E-state index in [-0.39, 0.29) is 10.7 Å². The molecule has 1 fully saturated rings. The summed E-state index contributed by atoms with van der Waals surface area (Å²) in [5.41, 5.74) is 0. The number of hydrogen-bond acceptors (Lipinski definition) is 1. The highest BCUT2D eigenvalue weighted by molar-refractivity contribution is 9.10. The Hall–Kier alpha value is -0.0500. The molecule has 0 aliphatic carbocycles. The van der Waals surface area contributed by atoms with E-state index in [1.165, 1.54) is 57.8 Å². The van der Waals surface area contributed by atoms with Crippen molar-refractivity contribution in [2.45, 2.75) is 75.5 Å². The second kappa shape index (κ2) is 9.93. The number of amides is 1. The van der Waals surface area contributed by atoms with Crippen molar-refractivity contribution in [1.82, 2.24) is 5.32 Å². The molecule has 0 spiro atoms. The first-order valence-corrected chi connectivity index (χ1v) is 8.14. The third kappa shape index (κ3) is 7.80. The molecule has 0 aromatic rings. The second-order valence-corrected chi connectivity index (χ2v) is 6.19. The van der Waals surface area contributed by atoms with E-state index < -0.39 is 0 Å². The molecule has 2 nitrogen and oxygen atoms in total. The zero-order chi connectivity index (χ0) is 12.3. The maximum atomic E-state index is 11.7. The standard InChI is InChI=1S/C14H26BrNO/c15-13-11-9-7-5-3-1-2-4-6-8-10-12-16-14(13)17/h13H,1-12H2,(H,16,17). The minimum atomic E-state index is 0.0210. The van der Waals surface area contributed by atoms with E-state index in [9.17, 15) is 4.79 Å². The number of rotatable bonds is 0. The summed E-state index contributed by atoms with van der Waals surface area (Å²) >= 11 is 3.48. The topological polar surface area (TPSA) is 29.1 Å². The Labute approximate surface area is 114 Å². The summed E-state index contributed by atoms with van der Waals surface area (Å²) in [7, 11) is 0. The molecule has 1 aliphatic heterocycles. The summed E-state index contributed by atoms with van der Waals surface area (Å²) in [6.45, 7) is 0.848. The Morgan fingerprint density at radius 2 is 1.29 bits per heavy atom. The minimum absolute atomic E-state index is 0.0210. The minimum Gasteiger partial charge on any atom is -0.355 e. The Kier molecular flexibility index (Phi) is 8.76. The maximum Gasteiger partial charge on any atom is 0.233 e. The van der Waals surface area contributed by atoms with Crippen LogP contribution in [0.5, 0.6) is 0 Å². The van der Waals surface area contributed by atoms with E-state index in [4.69, 9.17) is 0 Å². The molecule has 0 bridgehead atoms. The molecule has 1 heterocycles. The molecule has 3 heteroatoms. The van der Waals surface area contributed by atoms with Gasteiger partial charge >= 0.3 is 0 Å². The molecular weight excluding hydrogens is 278 g/mol. The first-order valence-electron chi connectivity index (χ1n) is 7.22. The summed E-state index contributed by atoms with van der Waals surface area (Å²) in [4.78, 5) is 11.7. The molecule has 1 saturated heterocycles. The van der Waals surface area contributed by atoms with Gasteiger partial charge in [0.15, 0.2) is 0 Å². The van der Waals surface area contributed by atoms with Gasteiger partial charge in [0.05, 0.1) is 4.83 Å². The van der Waals surface area contributed by atoms with E-state index in [1.807, 2.05) is 0 Å². The van der Waals surface area contributed by atoms with Crippen molar-refractivity contribution < 1.29 is 4.79 Å². The van der Waals surface area contributed by atoms with Crippen LogP contribution >= 0.6 is 15.9 Å². The highest BCUT2D eigenvalue weighted by Crippen LogP contribution is 2.15. The lowest BCUT2D eigenvalue weighted by molar-refractivity contribution is -0.120. The SMILES string of the molecule is O=C1NCCCCCCCCCCCCC1Br. The van der Waals surface area contributed by atoms with Crippen molar-refractivity contribution in [3.63, 3.8) is 0 Å². The number of nitrogens with one attached hydrogen (secondary N) is 1. The van der Waals surface area contributed by atoms with Gasteiger partial charge in [-0.25, -0.2) is 0 Å². The molecule has 0 aromatic heterocycles. The Morgan fingerprint density at radius 3 is 1.88 bits per heavy atom. The molecule has 100 valence electrons. The van der Waals surface area contributed by atoms with Crippen molar-refractivity contribution in [3.8, 4) is 0 Å². The van der Waals surface area contributed by atoms with Gasteiger partial charge in [-0.05, 0) is 12.8 Å². The van der Waals surface area contributed by atoms with Crippen LogP contribution in [0.25, 0.3) is 0 Å². The number of alkyl halides is 1. The van der Waals surface area contributed by atoms with Crippen LogP contribution < -0.4 is 5.32 Å². The van der Waals surface area contributed by atoms with Crippen molar-refractivity contribution >= 4 is 21.8 Å². The Bertz CT molecular complexity index is 208. The van der Waals surface area contributed by atoms with Crippen LogP contribution in [-0.2, 0) is 4.79 Å². The third-order valence-electron chi connectivity index (χ3n) is 3.47. The fourth-order valence-corrected chi connectivity index (χ4v) is 2.80. The van der Waals surface area contributed by atoms with Crippen molar-refractivity contribution in [3.05, 3.63) is 0 Å². The molecule has 1 N–H and O–H groups in total. The quantitative estimate of drug-likeness (QED) is 0.669. The number of carbonyl (C=O) groups is 1. The van der Waals surface area contributed by atoms with Gasteiger partial charge in [0, 0.05) is 6.54 Å². The first kappa shape index (κ1) is 15.0. The Morgan fingerprint density at radius 1 is 0.824 bits per heavy atom. The molecule has 0 aromatic carbocycles. The predicted molar refractivity (Wildman–Crippen MR) is 76.5 cm³/mol. The average Bonchev–Trinajstić information content (AvgIpc) is 2.34. The van der Waals surface area contributed by atoms with E-state index >= 15 is 0 Å². The van der Waals surface area contributed by atoms with Crippen LogP contribution in [0.2, 0.25) is 0 Å². The van der Waals surface area contributed by atoms with Gasteiger partial charge in [0.1, 0.15) is 0 Å². The summed E-state index contributed by atoms with van der Waals surface area (Å²) < 4.78 is 0. The number of halogens is 1. The lowest BCUT2D eigenvalue weighted by Gasteiger charge is -2.10. The maximum absolute atomic E-state index is 11.7. The Balaban J connectivity index is 2.24. The van der Waals surface area contributed by atoms with E-state index in [2.05, 4.69) is 21.2 Å². The number of carbonyl (C=O) groups excluding carboxylic acids is 1. The smallest absolute Gasteiger partial charge is 0.233 e. The fourth-order valence-electron chi connectivity index (χ4n) is 2.32. The lowest BCUT2D eigenvalue weighted by Crippen LogP contribution is -2.31. The first-order chi connectivity index (χ1) is 8.30. The van der Waals surface area contributed by atoms with Gasteiger partial charge in [-0.3, -0.25) is 4.79 Å². The van der Waals surface area contributed by atoms with Gasteiger partial charge < -0.3 is 5.32 Å². The van der Waals surface area contributed by atoms with Crippen molar-refractivity contribution in [2.75, 3.05) is 6.54 Å². The van der Waals surface area contributed by atoms with Crippen LogP contribution in [-0.4, -0.2) is 17.3 Å². The summed E-state index contributed by atoms with van der Waals surface area (Å²) in [5.74, 6) is 0.180. The van der Waals surface area contributed by atoms with Crippen LogP contribution in [0.4, 0.5) is 0 Å². The predicted octanol–water partition coefficient (Wildman–Crippen LogP) is 4.17. The van der Waals surface area contributed by atoms with Gasteiger partial charge in [-0.2, -0.15) is 0 Å². The molecule has 0 saturated carbocycles. The van der Waals surface area contributed by atoms with E-state index in [1.54, 1.807) is 0 Å². The molecule has 1 rings (SSSR count). The van der Waals surface area contributed by atoms with Crippen molar-refractivity contribution in [2.24, 2.45) is 0 Å². The van der Waals surface area contributed by atoms with Crippen LogP contribution in [0, 0.1) is 0 Å². The van der Waals surface area contributed by atoms with Gasteiger partial charge in [-0.1, -0.05) is 73.7 Å². The normalized spacial score (nSPS) is 26.6. The molecule has 1 unspecified atom stereocenters. The average molecular weight is 304 g/mol. The third-order valence-corrected chi connectivity index (χ3v) is 4.34. The summed E-state index contributed by atoms with van der Waals surface area (Å²) in [6.07, 6.45) is 14.0. The van der Waals surface area contributed by atoms with Crippen LogP contribution in [0.1, 0.15) is 70.6 Å². The molecule has 1 amide bonds. The summed E-state index contributed by atoms with van der Waals surface area (Å²) in [5, 5.41) is 3.02. The molecule has 17 heavy (non-hydrogen) atoms. The molecule has 1 aliphatic rings. The fraction of sp³-hybridized carbons (Fsp3) is 0.929. The zero-order valence-corrected chi connectivity index (χ0v) is 12.4. The van der Waals surface area contributed by atoms with Gasteiger partial charge in [0.2, 0.25) is 5.91 Å². The largest absolute Gasteiger partial charge is 0.355 e. The van der Waals surface area contributed by atoms with Crippen LogP contribution in [0.15, 0.2) is 0 Å². The highest BCUT2D eigenvalue weighted by Gasteiger charge is 2.13. The van der Waals surface area contributed by atoms with E-state index in [0.29, 0.717) is 0 Å².